The first-order valence-corrected chi connectivity index (χ1v) is 27.7. The zero-order valence-corrected chi connectivity index (χ0v) is 43.6. The lowest BCUT2D eigenvalue weighted by atomic mass is 10.0. The second kappa shape index (κ2) is 54.9. The number of allylic oxidation sites excluding steroid dienone is 16. The van der Waals surface area contributed by atoms with Crippen molar-refractivity contribution in [3.8, 4) is 0 Å². The maximum atomic E-state index is 12.8. The van der Waals surface area contributed by atoms with E-state index in [1.54, 1.807) is 0 Å². The van der Waals surface area contributed by atoms with E-state index in [2.05, 4.69) is 118 Å². The Morgan fingerprint density at radius 3 is 0.925 bits per heavy atom. The first kappa shape index (κ1) is 63.3. The summed E-state index contributed by atoms with van der Waals surface area (Å²) in [6.45, 7) is 6.38. The summed E-state index contributed by atoms with van der Waals surface area (Å²) in [6.07, 6.45) is 72.5. The number of hydrogen-bond donors (Lipinski definition) is 0. The van der Waals surface area contributed by atoms with Gasteiger partial charge in [0.05, 0.1) is 0 Å². The van der Waals surface area contributed by atoms with Crippen LogP contribution in [0.2, 0.25) is 0 Å². The monoisotopic (exact) mass is 931 g/mol. The third kappa shape index (κ3) is 53.2. The fourth-order valence-corrected chi connectivity index (χ4v) is 7.48. The molecular weight excluding hydrogens is 829 g/mol. The Bertz CT molecular complexity index is 1350. The van der Waals surface area contributed by atoms with E-state index in [1.165, 1.54) is 89.9 Å². The van der Waals surface area contributed by atoms with Crippen LogP contribution in [-0.2, 0) is 28.6 Å². The maximum Gasteiger partial charge on any atom is 0.306 e. The summed E-state index contributed by atoms with van der Waals surface area (Å²) in [4.78, 5) is 38.1. The van der Waals surface area contributed by atoms with Crippen molar-refractivity contribution in [2.75, 3.05) is 13.2 Å². The third-order valence-electron chi connectivity index (χ3n) is 11.6. The molecule has 0 spiro atoms. The molecule has 1 unspecified atom stereocenters. The Morgan fingerprint density at radius 1 is 0.313 bits per heavy atom. The first-order chi connectivity index (χ1) is 33.0. The fraction of sp³-hybridized carbons (Fsp3) is 0.689. The molecule has 0 heterocycles. The van der Waals surface area contributed by atoms with Gasteiger partial charge in [-0.05, 0) is 96.3 Å². The van der Waals surface area contributed by atoms with E-state index in [0.717, 1.165) is 122 Å². The predicted octanol–water partition coefficient (Wildman–Crippen LogP) is 18.5. The first-order valence-electron chi connectivity index (χ1n) is 27.7. The van der Waals surface area contributed by atoms with Crippen molar-refractivity contribution in [3.05, 3.63) is 97.2 Å². The Kier molecular flexibility index (Phi) is 51.9. The summed E-state index contributed by atoms with van der Waals surface area (Å²) in [7, 11) is 0. The standard InChI is InChI=1S/C61H102O6/c1-4-7-10-13-16-19-22-25-26-27-28-29-30-31-32-33-34-37-39-42-45-48-51-54-60(63)66-57-58(67-61(64)55-52-49-46-43-40-36-24-21-18-15-12-9-6-3)56-65-59(62)53-50-47-44-41-38-35-23-20-17-14-11-8-5-2/h7,9-10,12,16,18-19,21,25-26,28-29,31-32,36,40,58H,4-6,8,11,13-15,17,20,22-24,27,30,33-35,37-39,41-57H2,1-3H3/b10-7-,12-9-,19-16-,21-18-,26-25-,29-28-,32-31-,40-36-. The topological polar surface area (TPSA) is 78.9 Å². The summed E-state index contributed by atoms with van der Waals surface area (Å²) in [5, 5.41) is 0. The van der Waals surface area contributed by atoms with E-state index < -0.39 is 6.10 Å². The zero-order valence-electron chi connectivity index (χ0n) is 43.6. The second-order valence-electron chi connectivity index (χ2n) is 18.1. The van der Waals surface area contributed by atoms with Gasteiger partial charge in [0.15, 0.2) is 6.10 Å². The molecule has 1 atom stereocenters. The molecule has 0 rings (SSSR count). The Labute approximate surface area is 413 Å². The minimum absolute atomic E-state index is 0.0918. The summed E-state index contributed by atoms with van der Waals surface area (Å²) < 4.78 is 16.8. The van der Waals surface area contributed by atoms with Crippen LogP contribution in [-0.4, -0.2) is 37.2 Å². The molecule has 0 aliphatic heterocycles. The molecule has 0 aromatic carbocycles. The van der Waals surface area contributed by atoms with Crippen molar-refractivity contribution in [3.63, 3.8) is 0 Å². The minimum Gasteiger partial charge on any atom is -0.462 e. The molecule has 382 valence electrons. The molecule has 0 aromatic rings. The number of unbranched alkanes of at least 4 members (excludes halogenated alkanes) is 22. The molecular formula is C61H102O6. The van der Waals surface area contributed by atoms with Gasteiger partial charge in [-0.3, -0.25) is 14.4 Å². The van der Waals surface area contributed by atoms with Crippen LogP contribution in [0.25, 0.3) is 0 Å². The fourth-order valence-electron chi connectivity index (χ4n) is 7.48. The van der Waals surface area contributed by atoms with Gasteiger partial charge >= 0.3 is 17.9 Å². The molecule has 0 amide bonds. The lowest BCUT2D eigenvalue weighted by Crippen LogP contribution is -2.30. The van der Waals surface area contributed by atoms with Crippen LogP contribution in [0, 0.1) is 0 Å². The van der Waals surface area contributed by atoms with Crippen molar-refractivity contribution in [1.29, 1.82) is 0 Å². The molecule has 67 heavy (non-hydrogen) atoms. The Morgan fingerprint density at radius 2 is 0.582 bits per heavy atom. The normalized spacial score (nSPS) is 12.8. The van der Waals surface area contributed by atoms with Crippen molar-refractivity contribution < 1.29 is 28.6 Å². The zero-order chi connectivity index (χ0) is 48.6. The van der Waals surface area contributed by atoms with Gasteiger partial charge in [-0.1, -0.05) is 234 Å². The highest BCUT2D eigenvalue weighted by Gasteiger charge is 2.19. The predicted molar refractivity (Wildman–Crippen MR) is 288 cm³/mol. The third-order valence-corrected chi connectivity index (χ3v) is 11.6. The van der Waals surface area contributed by atoms with Gasteiger partial charge in [-0.15, -0.1) is 0 Å². The molecule has 0 aliphatic rings. The largest absolute Gasteiger partial charge is 0.462 e. The summed E-state index contributed by atoms with van der Waals surface area (Å²) in [5.41, 5.74) is 0. The minimum atomic E-state index is -0.796. The van der Waals surface area contributed by atoms with Crippen molar-refractivity contribution in [2.45, 2.75) is 258 Å². The molecule has 0 radical (unpaired) electrons. The average molecular weight is 931 g/mol. The lowest BCUT2D eigenvalue weighted by molar-refractivity contribution is -0.167. The highest BCUT2D eigenvalue weighted by atomic mass is 16.6. The highest BCUT2D eigenvalue weighted by Crippen LogP contribution is 2.15. The summed E-state index contributed by atoms with van der Waals surface area (Å²) in [6, 6.07) is 0. The van der Waals surface area contributed by atoms with E-state index in [4.69, 9.17) is 14.2 Å². The number of carbonyl (C=O) groups excluding carboxylic acids is 3. The van der Waals surface area contributed by atoms with E-state index in [9.17, 15) is 14.4 Å². The van der Waals surface area contributed by atoms with Gasteiger partial charge in [0.1, 0.15) is 13.2 Å². The van der Waals surface area contributed by atoms with Crippen molar-refractivity contribution in [1.82, 2.24) is 0 Å². The molecule has 0 aliphatic carbocycles. The van der Waals surface area contributed by atoms with Gasteiger partial charge in [-0.2, -0.15) is 0 Å². The SMILES string of the molecule is CC/C=C\C/C=C\C/C=C\C/C=C\C/C=C\CCCCCCCCCC(=O)OCC(COC(=O)CCCCCCCCCCCCCCC)OC(=O)CCCCC/C=C\C/C=C\C/C=C\CC. The molecule has 6 nitrogen and oxygen atoms in total. The lowest BCUT2D eigenvalue weighted by Gasteiger charge is -2.18. The van der Waals surface area contributed by atoms with E-state index >= 15 is 0 Å². The molecule has 0 N–H and O–H groups in total. The molecule has 0 bridgehead atoms. The van der Waals surface area contributed by atoms with Gasteiger partial charge in [-0.25, -0.2) is 0 Å². The van der Waals surface area contributed by atoms with Gasteiger partial charge in [0.2, 0.25) is 0 Å². The molecule has 0 saturated carbocycles. The van der Waals surface area contributed by atoms with Crippen molar-refractivity contribution >= 4 is 17.9 Å². The Balaban J connectivity index is 4.37. The number of ether oxygens (including phenoxy) is 3. The van der Waals surface area contributed by atoms with Crippen LogP contribution in [0.3, 0.4) is 0 Å². The number of esters is 3. The molecule has 0 fully saturated rings. The molecule has 6 heteroatoms. The van der Waals surface area contributed by atoms with Crippen LogP contribution in [0.4, 0.5) is 0 Å². The molecule has 0 saturated heterocycles. The van der Waals surface area contributed by atoms with Gasteiger partial charge in [0, 0.05) is 19.3 Å². The summed E-state index contributed by atoms with van der Waals surface area (Å²) >= 11 is 0. The van der Waals surface area contributed by atoms with Crippen LogP contribution >= 0.6 is 0 Å². The maximum absolute atomic E-state index is 12.8. The second-order valence-corrected chi connectivity index (χ2v) is 18.1. The number of rotatable bonds is 49. The van der Waals surface area contributed by atoms with Crippen molar-refractivity contribution in [2.24, 2.45) is 0 Å². The van der Waals surface area contributed by atoms with Gasteiger partial charge in [0.25, 0.3) is 0 Å². The van der Waals surface area contributed by atoms with E-state index in [1.807, 2.05) is 0 Å². The average Bonchev–Trinajstić information content (AvgIpc) is 3.33. The molecule has 0 aromatic heterocycles. The number of carbonyl (C=O) groups is 3. The quantitative estimate of drug-likeness (QED) is 0.0262. The smallest absolute Gasteiger partial charge is 0.306 e. The van der Waals surface area contributed by atoms with Crippen LogP contribution < -0.4 is 0 Å². The van der Waals surface area contributed by atoms with E-state index in [-0.39, 0.29) is 31.1 Å². The van der Waals surface area contributed by atoms with E-state index in [0.29, 0.717) is 19.3 Å². The highest BCUT2D eigenvalue weighted by molar-refractivity contribution is 5.71. The Hall–Kier alpha value is -3.67. The van der Waals surface area contributed by atoms with Crippen LogP contribution in [0.5, 0.6) is 0 Å². The van der Waals surface area contributed by atoms with Crippen LogP contribution in [0.1, 0.15) is 252 Å². The summed E-state index contributed by atoms with van der Waals surface area (Å²) in [5.74, 6) is -0.931. The van der Waals surface area contributed by atoms with Crippen LogP contribution in [0.15, 0.2) is 97.2 Å². The number of hydrogen-bond acceptors (Lipinski definition) is 6. The van der Waals surface area contributed by atoms with Gasteiger partial charge < -0.3 is 14.2 Å².